The van der Waals surface area contributed by atoms with Crippen LogP contribution >= 0.6 is 0 Å². The van der Waals surface area contributed by atoms with Gasteiger partial charge in [-0.15, -0.1) is 0 Å². The van der Waals surface area contributed by atoms with E-state index in [1.165, 1.54) is 69.9 Å². The van der Waals surface area contributed by atoms with Crippen LogP contribution in [-0.4, -0.2) is 5.97 Å². The molecule has 0 atom stereocenters. The average molecular weight is 439 g/mol. The molecular formula is C26H37F3O2. The van der Waals surface area contributed by atoms with Crippen molar-refractivity contribution < 1.29 is 22.7 Å². The fourth-order valence-electron chi connectivity index (χ4n) is 5.55. The Kier molecular flexibility index (Phi) is 8.85. The summed E-state index contributed by atoms with van der Waals surface area (Å²) in [5.41, 5.74) is -0.733. The molecule has 2 nitrogen and oxygen atoms in total. The van der Waals surface area contributed by atoms with Crippen LogP contribution in [0.15, 0.2) is 24.3 Å². The number of ether oxygens (including phenoxy) is 1. The number of carbonyl (C=O) groups excluding carboxylic acids is 1. The van der Waals surface area contributed by atoms with E-state index in [1.54, 1.807) is 0 Å². The molecule has 2 fully saturated rings. The van der Waals surface area contributed by atoms with Crippen molar-refractivity contribution in [2.24, 2.45) is 23.7 Å². The first kappa shape index (κ1) is 24.1. The van der Waals surface area contributed by atoms with Crippen molar-refractivity contribution >= 4 is 5.97 Å². The lowest BCUT2D eigenvalue weighted by molar-refractivity contribution is -0.140. The molecule has 2 aliphatic carbocycles. The predicted octanol–water partition coefficient (Wildman–Crippen LogP) is 8.19. The number of rotatable bonds is 8. The number of benzene rings is 1. The van der Waals surface area contributed by atoms with Crippen molar-refractivity contribution in [2.75, 3.05) is 0 Å². The SMILES string of the molecule is CCCCCC[C@H]1CC[C@H](C2CCC(C(=O)Oc3ccc(C(F)(F)F)cc3)CC2)CC1. The van der Waals surface area contributed by atoms with Gasteiger partial charge in [0.05, 0.1) is 11.5 Å². The molecule has 0 saturated heterocycles. The van der Waals surface area contributed by atoms with Gasteiger partial charge in [-0.05, 0) is 80.5 Å². The molecule has 0 radical (unpaired) electrons. The maximum Gasteiger partial charge on any atom is 0.416 e. The summed E-state index contributed by atoms with van der Waals surface area (Å²) in [6.45, 7) is 2.26. The molecule has 0 spiro atoms. The molecule has 0 aliphatic heterocycles. The third-order valence-corrected chi connectivity index (χ3v) is 7.53. The number of alkyl halides is 3. The Balaban J connectivity index is 1.37. The van der Waals surface area contributed by atoms with Gasteiger partial charge in [-0.1, -0.05) is 51.9 Å². The lowest BCUT2D eigenvalue weighted by atomic mass is 9.68. The Morgan fingerprint density at radius 1 is 0.871 bits per heavy atom. The first-order chi connectivity index (χ1) is 14.9. The molecular weight excluding hydrogens is 401 g/mol. The molecule has 3 rings (SSSR count). The van der Waals surface area contributed by atoms with Gasteiger partial charge >= 0.3 is 12.1 Å². The van der Waals surface area contributed by atoms with Gasteiger partial charge in [-0.25, -0.2) is 0 Å². The van der Waals surface area contributed by atoms with E-state index >= 15 is 0 Å². The van der Waals surface area contributed by atoms with Crippen LogP contribution in [0.5, 0.6) is 5.75 Å². The third kappa shape index (κ3) is 7.25. The summed E-state index contributed by atoms with van der Waals surface area (Å²) in [5, 5.41) is 0. The Bertz CT molecular complexity index is 667. The third-order valence-electron chi connectivity index (χ3n) is 7.53. The van der Waals surface area contributed by atoms with Crippen molar-refractivity contribution in [3.8, 4) is 5.75 Å². The van der Waals surface area contributed by atoms with Crippen molar-refractivity contribution in [2.45, 2.75) is 96.6 Å². The zero-order valence-corrected chi connectivity index (χ0v) is 18.8. The zero-order chi connectivity index (χ0) is 22.3. The Hall–Kier alpha value is -1.52. The second-order valence-electron chi connectivity index (χ2n) is 9.69. The van der Waals surface area contributed by atoms with E-state index in [4.69, 9.17) is 4.74 Å². The number of carbonyl (C=O) groups is 1. The number of unbranched alkanes of at least 4 members (excludes halogenated alkanes) is 3. The Morgan fingerprint density at radius 2 is 1.45 bits per heavy atom. The second kappa shape index (κ2) is 11.4. The lowest BCUT2D eigenvalue weighted by Crippen LogP contribution is -2.30. The highest BCUT2D eigenvalue weighted by Crippen LogP contribution is 2.42. The van der Waals surface area contributed by atoms with Crippen LogP contribution < -0.4 is 4.74 Å². The molecule has 0 amide bonds. The maximum atomic E-state index is 12.7. The van der Waals surface area contributed by atoms with E-state index in [-0.39, 0.29) is 17.6 Å². The lowest BCUT2D eigenvalue weighted by Gasteiger charge is -2.37. The fraction of sp³-hybridized carbons (Fsp3) is 0.731. The molecule has 174 valence electrons. The summed E-state index contributed by atoms with van der Waals surface area (Å²) in [6, 6.07) is 4.37. The fourth-order valence-corrected chi connectivity index (χ4v) is 5.55. The van der Waals surface area contributed by atoms with Gasteiger partial charge in [0, 0.05) is 0 Å². The molecule has 5 heteroatoms. The number of hydrogen-bond donors (Lipinski definition) is 0. The summed E-state index contributed by atoms with van der Waals surface area (Å²) >= 11 is 0. The first-order valence-electron chi connectivity index (χ1n) is 12.3. The average Bonchev–Trinajstić information content (AvgIpc) is 2.77. The largest absolute Gasteiger partial charge is 0.426 e. The molecule has 1 aromatic rings. The molecule has 0 bridgehead atoms. The van der Waals surface area contributed by atoms with Crippen LogP contribution in [0.3, 0.4) is 0 Å². The summed E-state index contributed by atoms with van der Waals surface area (Å²) in [5.74, 6) is 2.21. The van der Waals surface area contributed by atoms with E-state index in [1.807, 2.05) is 0 Å². The Morgan fingerprint density at radius 3 is 2.00 bits per heavy atom. The molecule has 0 heterocycles. The predicted molar refractivity (Wildman–Crippen MR) is 117 cm³/mol. The number of esters is 1. The summed E-state index contributed by atoms with van der Waals surface area (Å²) in [4.78, 5) is 12.5. The minimum absolute atomic E-state index is 0.131. The quantitative estimate of drug-likeness (QED) is 0.232. The van der Waals surface area contributed by atoms with Gasteiger partial charge < -0.3 is 4.74 Å². The van der Waals surface area contributed by atoms with Crippen LogP contribution in [0.1, 0.15) is 96.0 Å². The topological polar surface area (TPSA) is 26.3 Å². The minimum atomic E-state index is -4.38. The van der Waals surface area contributed by atoms with Gasteiger partial charge in [-0.3, -0.25) is 4.79 Å². The molecule has 1 aromatic carbocycles. The molecule has 0 aromatic heterocycles. The standard InChI is InChI=1S/C26H37F3O2/c1-2-3-4-5-6-19-7-9-20(10-8-19)21-11-13-22(14-12-21)25(30)31-24-17-15-23(16-18-24)26(27,28)29/h15-22H,2-14H2,1H3/t19-,20-,21?,22?. The van der Waals surface area contributed by atoms with Gasteiger partial charge in [0.25, 0.3) is 0 Å². The summed E-state index contributed by atoms with van der Waals surface area (Å²) in [6.07, 6.45) is 11.7. The molecule has 0 N–H and O–H groups in total. The van der Waals surface area contributed by atoms with Crippen molar-refractivity contribution in [3.63, 3.8) is 0 Å². The van der Waals surface area contributed by atoms with Gasteiger partial charge in [0.1, 0.15) is 5.75 Å². The highest BCUT2D eigenvalue weighted by molar-refractivity contribution is 5.75. The van der Waals surface area contributed by atoms with Gasteiger partial charge in [0.2, 0.25) is 0 Å². The van der Waals surface area contributed by atoms with Gasteiger partial charge in [0.15, 0.2) is 0 Å². The normalized spacial score (nSPS) is 27.1. The maximum absolute atomic E-state index is 12.7. The van der Waals surface area contributed by atoms with E-state index in [0.29, 0.717) is 0 Å². The van der Waals surface area contributed by atoms with Crippen LogP contribution in [0.2, 0.25) is 0 Å². The highest BCUT2D eigenvalue weighted by atomic mass is 19.4. The zero-order valence-electron chi connectivity index (χ0n) is 18.8. The molecule has 0 unspecified atom stereocenters. The van der Waals surface area contributed by atoms with E-state index in [0.717, 1.165) is 55.6 Å². The van der Waals surface area contributed by atoms with Crippen molar-refractivity contribution in [3.05, 3.63) is 29.8 Å². The van der Waals surface area contributed by atoms with Crippen LogP contribution in [0.4, 0.5) is 13.2 Å². The number of hydrogen-bond acceptors (Lipinski definition) is 2. The second-order valence-corrected chi connectivity index (χ2v) is 9.69. The van der Waals surface area contributed by atoms with E-state index in [9.17, 15) is 18.0 Å². The van der Waals surface area contributed by atoms with Crippen molar-refractivity contribution in [1.29, 1.82) is 0 Å². The minimum Gasteiger partial charge on any atom is -0.426 e. The monoisotopic (exact) mass is 438 g/mol. The number of halogens is 3. The summed E-state index contributed by atoms with van der Waals surface area (Å²) < 4.78 is 43.3. The van der Waals surface area contributed by atoms with Crippen LogP contribution in [-0.2, 0) is 11.0 Å². The van der Waals surface area contributed by atoms with Crippen molar-refractivity contribution in [1.82, 2.24) is 0 Å². The molecule has 31 heavy (non-hydrogen) atoms. The van der Waals surface area contributed by atoms with Gasteiger partial charge in [-0.2, -0.15) is 13.2 Å². The van der Waals surface area contributed by atoms with Crippen LogP contribution in [0, 0.1) is 23.7 Å². The first-order valence-corrected chi connectivity index (χ1v) is 12.3. The summed E-state index contributed by atoms with van der Waals surface area (Å²) in [7, 11) is 0. The molecule has 2 saturated carbocycles. The molecule has 2 aliphatic rings. The van der Waals surface area contributed by atoms with Crippen LogP contribution in [0.25, 0.3) is 0 Å². The smallest absolute Gasteiger partial charge is 0.416 e. The Labute approximate surface area is 184 Å². The highest BCUT2D eigenvalue weighted by Gasteiger charge is 2.34. The van der Waals surface area contributed by atoms with E-state index < -0.39 is 11.7 Å². The van der Waals surface area contributed by atoms with E-state index in [2.05, 4.69) is 6.92 Å².